The summed E-state index contributed by atoms with van der Waals surface area (Å²) in [5.74, 6) is -0.0282. The zero-order valence-corrected chi connectivity index (χ0v) is 16.0. The normalized spacial score (nSPS) is 17.3. The zero-order chi connectivity index (χ0) is 16.2. The maximum Gasteiger partial charge on any atom is 0.274 e. The van der Waals surface area contributed by atoms with Crippen LogP contribution in [0.25, 0.3) is 0 Å². The van der Waals surface area contributed by atoms with Crippen LogP contribution in [0.2, 0.25) is 4.34 Å². The smallest absolute Gasteiger partial charge is 0.274 e. The molecule has 8 heteroatoms. The molecule has 0 radical (unpaired) electrons. The summed E-state index contributed by atoms with van der Waals surface area (Å²) in [5.41, 5.74) is 0.514. The van der Waals surface area contributed by atoms with Crippen molar-refractivity contribution in [2.45, 2.75) is 32.4 Å². The Balaban J connectivity index is 0.00000208. The van der Waals surface area contributed by atoms with Crippen LogP contribution >= 0.6 is 35.3 Å². The van der Waals surface area contributed by atoms with E-state index in [0.717, 1.165) is 35.1 Å². The number of nitrogens with one attached hydrogen (secondary N) is 1. The van der Waals surface area contributed by atoms with E-state index in [4.69, 9.17) is 11.6 Å². The second-order valence-corrected chi connectivity index (χ2v) is 7.51. The van der Waals surface area contributed by atoms with Crippen molar-refractivity contribution < 1.29 is 4.79 Å². The van der Waals surface area contributed by atoms with Crippen LogP contribution in [0.5, 0.6) is 0 Å². The van der Waals surface area contributed by atoms with Crippen LogP contribution in [0.1, 0.15) is 41.2 Å². The highest BCUT2D eigenvalue weighted by molar-refractivity contribution is 7.16. The first kappa shape index (κ1) is 19.2. The second kappa shape index (κ2) is 8.85. The Morgan fingerprint density at radius 2 is 2.33 bits per heavy atom. The van der Waals surface area contributed by atoms with Crippen LogP contribution in [0, 0.1) is 0 Å². The molecule has 0 aromatic carbocycles. The summed E-state index contributed by atoms with van der Waals surface area (Å²) in [6.07, 6.45) is 4.17. The molecule has 1 aliphatic heterocycles. The van der Waals surface area contributed by atoms with Crippen molar-refractivity contribution in [3.63, 3.8) is 0 Å². The molecule has 3 heterocycles. The first-order valence-electron chi connectivity index (χ1n) is 7.96. The fourth-order valence-corrected chi connectivity index (χ4v) is 3.93. The van der Waals surface area contributed by atoms with E-state index in [0.29, 0.717) is 24.8 Å². The number of nitrogens with zero attached hydrogens (tertiary/aromatic N) is 3. The monoisotopic (exact) mass is 388 g/mol. The van der Waals surface area contributed by atoms with Crippen molar-refractivity contribution in [2.75, 3.05) is 19.6 Å². The molecule has 0 aliphatic carbocycles. The highest BCUT2D eigenvalue weighted by Crippen LogP contribution is 2.23. The summed E-state index contributed by atoms with van der Waals surface area (Å²) in [5, 5.41) is 7.89. The number of halogens is 2. The van der Waals surface area contributed by atoms with Gasteiger partial charge in [-0.05, 0) is 44.5 Å². The summed E-state index contributed by atoms with van der Waals surface area (Å²) >= 11 is 7.48. The quantitative estimate of drug-likeness (QED) is 0.850. The van der Waals surface area contributed by atoms with E-state index < -0.39 is 0 Å². The third kappa shape index (κ3) is 4.51. The molecular formula is C16H22Cl2N4OS. The minimum Gasteiger partial charge on any atom is -0.332 e. The van der Waals surface area contributed by atoms with Crippen molar-refractivity contribution in [2.24, 2.45) is 0 Å². The van der Waals surface area contributed by atoms with Crippen molar-refractivity contribution >= 4 is 41.3 Å². The predicted molar refractivity (Wildman–Crippen MR) is 100 cm³/mol. The lowest BCUT2D eigenvalue weighted by Crippen LogP contribution is -2.33. The third-order valence-corrected chi connectivity index (χ3v) is 5.33. The Bertz CT molecular complexity index is 667. The Labute approximate surface area is 157 Å². The molecule has 1 atom stereocenters. The molecule has 2 aromatic rings. The van der Waals surface area contributed by atoms with Crippen LogP contribution in [0.15, 0.2) is 24.4 Å². The molecule has 5 nitrogen and oxygen atoms in total. The Morgan fingerprint density at radius 3 is 2.96 bits per heavy atom. The summed E-state index contributed by atoms with van der Waals surface area (Å²) in [7, 11) is 0. The van der Waals surface area contributed by atoms with E-state index in [1.165, 1.54) is 11.3 Å². The van der Waals surface area contributed by atoms with Gasteiger partial charge in [-0.15, -0.1) is 23.7 Å². The minimum absolute atomic E-state index is 0. The van der Waals surface area contributed by atoms with Gasteiger partial charge >= 0.3 is 0 Å². The largest absolute Gasteiger partial charge is 0.332 e. The van der Waals surface area contributed by atoms with Gasteiger partial charge in [0.1, 0.15) is 5.69 Å². The first-order chi connectivity index (χ1) is 11.2. The van der Waals surface area contributed by atoms with Crippen LogP contribution in [0.3, 0.4) is 0 Å². The third-order valence-electron chi connectivity index (χ3n) is 4.12. The molecule has 1 unspecified atom stereocenters. The van der Waals surface area contributed by atoms with Crippen molar-refractivity contribution in [3.05, 3.63) is 39.3 Å². The number of hydrogen-bond donors (Lipinski definition) is 1. The van der Waals surface area contributed by atoms with E-state index in [-0.39, 0.29) is 18.3 Å². The van der Waals surface area contributed by atoms with Gasteiger partial charge in [-0.3, -0.25) is 9.48 Å². The second-order valence-electron chi connectivity index (χ2n) is 5.71. The Kier molecular flexibility index (Phi) is 7.10. The number of carbonyl (C=O) groups excluding carboxylic acids is 1. The lowest BCUT2D eigenvalue weighted by molar-refractivity contribution is 0.0746. The number of piperidine rings is 1. The van der Waals surface area contributed by atoms with Crippen LogP contribution < -0.4 is 5.32 Å². The average molecular weight is 389 g/mol. The molecule has 132 valence electrons. The maximum absolute atomic E-state index is 12.7. The number of hydrogen-bond acceptors (Lipinski definition) is 4. The van der Waals surface area contributed by atoms with Crippen LogP contribution in [-0.4, -0.2) is 40.2 Å². The summed E-state index contributed by atoms with van der Waals surface area (Å²) in [4.78, 5) is 15.6. The summed E-state index contributed by atoms with van der Waals surface area (Å²) in [6.45, 7) is 5.18. The SMILES string of the molecule is CCN(Cc1ccc(Cl)s1)C(=O)c1ccn(C2CCCNC2)n1.Cl. The molecule has 1 fully saturated rings. The average Bonchev–Trinajstić information content (AvgIpc) is 3.22. The van der Waals surface area contributed by atoms with E-state index in [2.05, 4.69) is 10.4 Å². The fraction of sp³-hybridized carbons (Fsp3) is 0.500. The van der Waals surface area contributed by atoms with Gasteiger partial charge in [-0.2, -0.15) is 5.10 Å². The van der Waals surface area contributed by atoms with Gasteiger partial charge in [-0.1, -0.05) is 11.6 Å². The number of amides is 1. The number of carbonyl (C=O) groups is 1. The number of thiophene rings is 1. The first-order valence-corrected chi connectivity index (χ1v) is 9.16. The molecule has 24 heavy (non-hydrogen) atoms. The van der Waals surface area contributed by atoms with Crippen molar-refractivity contribution in [3.8, 4) is 0 Å². The van der Waals surface area contributed by atoms with Gasteiger partial charge in [0.05, 0.1) is 16.9 Å². The van der Waals surface area contributed by atoms with Crippen molar-refractivity contribution in [1.82, 2.24) is 20.0 Å². The Hall–Kier alpha value is -1.08. The van der Waals surface area contributed by atoms with E-state index in [1.54, 1.807) is 4.90 Å². The van der Waals surface area contributed by atoms with Gasteiger partial charge in [0.2, 0.25) is 0 Å². The molecule has 0 spiro atoms. The van der Waals surface area contributed by atoms with Gasteiger partial charge in [-0.25, -0.2) is 0 Å². The number of rotatable bonds is 5. The fourth-order valence-electron chi connectivity index (χ4n) is 2.83. The lowest BCUT2D eigenvalue weighted by atomic mass is 10.1. The van der Waals surface area contributed by atoms with Crippen LogP contribution in [-0.2, 0) is 6.54 Å². The minimum atomic E-state index is -0.0282. The highest BCUT2D eigenvalue weighted by Gasteiger charge is 2.21. The molecule has 1 saturated heterocycles. The van der Waals surface area contributed by atoms with E-state index >= 15 is 0 Å². The standard InChI is InChI=1S/C16H21ClN4OS.ClH/c1-2-20(11-13-5-6-15(17)23-13)16(22)14-7-9-21(19-14)12-4-3-8-18-10-12;/h5-7,9,12,18H,2-4,8,10-11H2,1H3;1H. The van der Waals surface area contributed by atoms with Crippen LogP contribution in [0.4, 0.5) is 0 Å². The summed E-state index contributed by atoms with van der Waals surface area (Å²) in [6, 6.07) is 6.00. The van der Waals surface area contributed by atoms with E-state index in [9.17, 15) is 4.79 Å². The molecule has 1 amide bonds. The molecule has 3 rings (SSSR count). The predicted octanol–water partition coefficient (Wildman–Crippen LogP) is 3.61. The zero-order valence-electron chi connectivity index (χ0n) is 13.6. The molecule has 1 N–H and O–H groups in total. The topological polar surface area (TPSA) is 50.2 Å². The number of aromatic nitrogens is 2. The van der Waals surface area contributed by atoms with Gasteiger partial charge in [0, 0.05) is 24.2 Å². The van der Waals surface area contributed by atoms with Gasteiger partial charge in [0.25, 0.3) is 5.91 Å². The van der Waals surface area contributed by atoms with Crippen molar-refractivity contribution in [1.29, 1.82) is 0 Å². The molecule has 1 aliphatic rings. The van der Waals surface area contributed by atoms with Gasteiger partial charge in [0.15, 0.2) is 0 Å². The molecular weight excluding hydrogens is 367 g/mol. The highest BCUT2D eigenvalue weighted by atomic mass is 35.5. The molecule has 0 saturated carbocycles. The van der Waals surface area contributed by atoms with Gasteiger partial charge < -0.3 is 10.2 Å². The maximum atomic E-state index is 12.7. The summed E-state index contributed by atoms with van der Waals surface area (Å²) < 4.78 is 2.67. The Morgan fingerprint density at radius 1 is 1.50 bits per heavy atom. The lowest BCUT2D eigenvalue weighted by Gasteiger charge is -2.23. The molecule has 2 aromatic heterocycles. The molecule has 0 bridgehead atoms. The van der Waals surface area contributed by atoms with E-state index in [1.807, 2.05) is 36.0 Å².